The Labute approximate surface area is 163 Å². The van der Waals surface area contributed by atoms with E-state index in [4.69, 9.17) is 4.98 Å². The molecule has 1 aliphatic carbocycles. The Hall–Kier alpha value is -1.73. The van der Waals surface area contributed by atoms with Crippen molar-refractivity contribution in [3.05, 3.63) is 26.6 Å². The fourth-order valence-electron chi connectivity index (χ4n) is 4.21. The molecule has 4 rings (SSSR count). The highest BCUT2D eigenvalue weighted by atomic mass is 32.1. The number of aromatic nitrogens is 2. The van der Waals surface area contributed by atoms with Crippen LogP contribution in [0.25, 0.3) is 10.2 Å². The summed E-state index contributed by atoms with van der Waals surface area (Å²) >= 11 is 1.70. The van der Waals surface area contributed by atoms with Gasteiger partial charge in [-0.1, -0.05) is 20.8 Å². The molecule has 0 atom stereocenters. The first-order valence-electron chi connectivity index (χ1n) is 9.99. The molecule has 2 aromatic heterocycles. The molecule has 3 heterocycles. The standard InChI is InChI=1S/C20H28N4O2S/c1-20(2,3)19(26)24-10-8-23(9-11-24)12-15-21-17(25)16-13-6-4-5-7-14(13)27-18(16)22-15/h4-12H2,1-3H3,(H,21,22,25)/p+1. The van der Waals surface area contributed by atoms with Crippen LogP contribution in [0.4, 0.5) is 0 Å². The predicted octanol–water partition coefficient (Wildman–Crippen LogP) is 1.14. The van der Waals surface area contributed by atoms with E-state index in [1.54, 1.807) is 11.3 Å². The molecule has 1 saturated heterocycles. The van der Waals surface area contributed by atoms with Crippen LogP contribution in [0.1, 0.15) is 49.9 Å². The quantitative estimate of drug-likeness (QED) is 0.809. The van der Waals surface area contributed by atoms with E-state index >= 15 is 0 Å². The van der Waals surface area contributed by atoms with Crippen molar-refractivity contribution in [2.45, 2.75) is 53.0 Å². The Morgan fingerprint density at radius 3 is 2.63 bits per heavy atom. The number of nitrogens with one attached hydrogen (secondary N) is 2. The highest BCUT2D eigenvalue weighted by molar-refractivity contribution is 7.18. The van der Waals surface area contributed by atoms with Gasteiger partial charge in [-0.3, -0.25) is 9.59 Å². The van der Waals surface area contributed by atoms with Crippen molar-refractivity contribution in [2.24, 2.45) is 5.41 Å². The summed E-state index contributed by atoms with van der Waals surface area (Å²) in [5, 5.41) is 0.828. The molecule has 1 aliphatic heterocycles. The number of fused-ring (bicyclic) bond motifs is 3. The molecular formula is C20H29N4O2S+. The molecule has 1 fully saturated rings. The van der Waals surface area contributed by atoms with Gasteiger partial charge in [0.15, 0.2) is 5.82 Å². The maximum Gasteiger partial charge on any atom is 0.260 e. The lowest BCUT2D eigenvalue weighted by Crippen LogP contribution is -3.13. The normalized spacial score (nSPS) is 18.7. The molecule has 2 N–H and O–H groups in total. The molecule has 27 heavy (non-hydrogen) atoms. The number of nitrogens with zero attached hydrogens (tertiary/aromatic N) is 2. The zero-order valence-electron chi connectivity index (χ0n) is 16.5. The van der Waals surface area contributed by atoms with Gasteiger partial charge < -0.3 is 14.8 Å². The number of aryl methyl sites for hydroxylation is 2. The minimum atomic E-state index is -0.326. The van der Waals surface area contributed by atoms with Gasteiger partial charge in [-0.2, -0.15) is 0 Å². The van der Waals surface area contributed by atoms with E-state index in [1.807, 2.05) is 25.7 Å². The molecule has 2 aliphatic rings. The van der Waals surface area contributed by atoms with Gasteiger partial charge in [-0.25, -0.2) is 4.98 Å². The maximum atomic E-state index is 12.7. The average molecular weight is 390 g/mol. The summed E-state index contributed by atoms with van der Waals surface area (Å²) in [7, 11) is 0. The van der Waals surface area contributed by atoms with Crippen LogP contribution in [0.5, 0.6) is 0 Å². The van der Waals surface area contributed by atoms with Gasteiger partial charge in [0.2, 0.25) is 5.91 Å². The number of piperazine rings is 1. The Balaban J connectivity index is 1.47. The number of hydrogen-bond donors (Lipinski definition) is 2. The van der Waals surface area contributed by atoms with Crippen molar-refractivity contribution in [3.8, 4) is 0 Å². The molecule has 6 nitrogen and oxygen atoms in total. The first-order chi connectivity index (χ1) is 12.8. The van der Waals surface area contributed by atoms with Crippen LogP contribution in [0.15, 0.2) is 4.79 Å². The molecule has 7 heteroatoms. The average Bonchev–Trinajstić information content (AvgIpc) is 2.99. The summed E-state index contributed by atoms with van der Waals surface area (Å²) in [6, 6.07) is 0. The molecule has 0 bridgehead atoms. The van der Waals surface area contributed by atoms with Gasteiger partial charge in [0.1, 0.15) is 11.4 Å². The molecule has 1 amide bonds. The fraction of sp³-hybridized carbons (Fsp3) is 0.650. The second-order valence-corrected chi connectivity index (χ2v) is 9.96. The second kappa shape index (κ2) is 7.02. The first-order valence-corrected chi connectivity index (χ1v) is 10.8. The van der Waals surface area contributed by atoms with Gasteiger partial charge >= 0.3 is 0 Å². The highest BCUT2D eigenvalue weighted by Gasteiger charge is 2.31. The van der Waals surface area contributed by atoms with Crippen LogP contribution in [0.3, 0.4) is 0 Å². The van der Waals surface area contributed by atoms with Crippen molar-refractivity contribution in [1.82, 2.24) is 14.9 Å². The van der Waals surface area contributed by atoms with Crippen molar-refractivity contribution >= 4 is 27.5 Å². The molecule has 0 saturated carbocycles. The number of thiophene rings is 1. The summed E-state index contributed by atoms with van der Waals surface area (Å²) in [6.45, 7) is 9.95. The van der Waals surface area contributed by atoms with Gasteiger partial charge in [0.25, 0.3) is 5.56 Å². The molecule has 2 aromatic rings. The number of quaternary nitrogens is 1. The van der Waals surface area contributed by atoms with Gasteiger partial charge in [0.05, 0.1) is 31.6 Å². The summed E-state index contributed by atoms with van der Waals surface area (Å²) in [5.74, 6) is 0.996. The summed E-state index contributed by atoms with van der Waals surface area (Å²) in [6.07, 6.45) is 4.47. The molecule has 146 valence electrons. The number of carbonyl (C=O) groups excluding carboxylic acids is 1. The maximum absolute atomic E-state index is 12.7. The fourth-order valence-corrected chi connectivity index (χ4v) is 5.49. The number of hydrogen-bond acceptors (Lipinski definition) is 4. The van der Waals surface area contributed by atoms with Crippen molar-refractivity contribution in [2.75, 3.05) is 26.2 Å². The third-order valence-corrected chi connectivity index (χ3v) is 6.88. The molecule has 0 aromatic carbocycles. The lowest BCUT2D eigenvalue weighted by molar-refractivity contribution is -0.918. The second-order valence-electron chi connectivity index (χ2n) is 8.87. The number of aromatic amines is 1. The minimum absolute atomic E-state index is 0.0235. The molecular weight excluding hydrogens is 360 g/mol. The number of amides is 1. The van der Waals surface area contributed by atoms with Crippen LogP contribution in [0.2, 0.25) is 0 Å². The SMILES string of the molecule is CC(C)(C)C(=O)N1CC[NH+](Cc2nc3sc4c(c3c(=O)[nH]2)CCCC4)CC1. The van der Waals surface area contributed by atoms with E-state index in [1.165, 1.54) is 28.2 Å². The molecule has 0 spiro atoms. The van der Waals surface area contributed by atoms with Crippen LogP contribution >= 0.6 is 11.3 Å². The van der Waals surface area contributed by atoms with Crippen LogP contribution in [-0.2, 0) is 24.2 Å². The lowest BCUT2D eigenvalue weighted by atomic mass is 9.94. The monoisotopic (exact) mass is 389 g/mol. The number of rotatable bonds is 2. The largest absolute Gasteiger partial charge is 0.331 e. The third kappa shape index (κ3) is 3.67. The summed E-state index contributed by atoms with van der Waals surface area (Å²) < 4.78 is 0. The Morgan fingerprint density at radius 2 is 1.93 bits per heavy atom. The lowest BCUT2D eigenvalue weighted by Gasteiger charge is -2.35. The predicted molar refractivity (Wildman–Crippen MR) is 107 cm³/mol. The van der Waals surface area contributed by atoms with E-state index < -0.39 is 0 Å². The highest BCUT2D eigenvalue weighted by Crippen LogP contribution is 2.33. The zero-order chi connectivity index (χ0) is 19.2. The molecule has 0 radical (unpaired) electrons. The van der Waals surface area contributed by atoms with E-state index in [0.29, 0.717) is 6.54 Å². The van der Waals surface area contributed by atoms with Crippen molar-refractivity contribution in [1.29, 1.82) is 0 Å². The van der Waals surface area contributed by atoms with Gasteiger partial charge in [-0.15, -0.1) is 11.3 Å². The van der Waals surface area contributed by atoms with E-state index in [-0.39, 0.29) is 16.9 Å². The third-order valence-electron chi connectivity index (χ3n) is 5.69. The van der Waals surface area contributed by atoms with Gasteiger partial charge in [-0.05, 0) is 31.2 Å². The molecule has 0 unspecified atom stereocenters. The topological polar surface area (TPSA) is 70.5 Å². The number of carbonyl (C=O) groups is 1. The van der Waals surface area contributed by atoms with Crippen molar-refractivity contribution < 1.29 is 9.69 Å². The van der Waals surface area contributed by atoms with Crippen LogP contribution in [-0.4, -0.2) is 47.0 Å². The zero-order valence-corrected chi connectivity index (χ0v) is 17.3. The number of H-pyrrole nitrogens is 1. The minimum Gasteiger partial charge on any atom is -0.331 e. The van der Waals surface area contributed by atoms with Crippen LogP contribution in [0, 0.1) is 5.41 Å². The first kappa shape index (κ1) is 18.6. The van der Waals surface area contributed by atoms with E-state index in [9.17, 15) is 9.59 Å². The Bertz CT molecular complexity index is 916. The summed E-state index contributed by atoms with van der Waals surface area (Å²) in [5.41, 5.74) is 0.937. The summed E-state index contributed by atoms with van der Waals surface area (Å²) in [4.78, 5) is 38.5. The van der Waals surface area contributed by atoms with E-state index in [0.717, 1.165) is 55.1 Å². The Kier molecular flexibility index (Phi) is 4.84. The van der Waals surface area contributed by atoms with Crippen molar-refractivity contribution in [3.63, 3.8) is 0 Å². The van der Waals surface area contributed by atoms with E-state index in [2.05, 4.69) is 4.98 Å². The Morgan fingerprint density at radius 1 is 1.22 bits per heavy atom. The van der Waals surface area contributed by atoms with Crippen LogP contribution < -0.4 is 10.5 Å². The van der Waals surface area contributed by atoms with Gasteiger partial charge in [0, 0.05) is 10.3 Å². The smallest absolute Gasteiger partial charge is 0.260 e.